The number of rotatable bonds is 5. The highest BCUT2D eigenvalue weighted by Crippen LogP contribution is 2.39. The predicted molar refractivity (Wildman–Crippen MR) is 72.5 cm³/mol. The van der Waals surface area contributed by atoms with E-state index in [9.17, 15) is 9.59 Å². The maximum Gasteiger partial charge on any atom is 0.326 e. The zero-order valence-corrected chi connectivity index (χ0v) is 11.5. The fourth-order valence-corrected chi connectivity index (χ4v) is 2.45. The van der Waals surface area contributed by atoms with Crippen molar-refractivity contribution in [2.45, 2.75) is 50.6 Å². The number of carbonyl (C=O) groups is 2. The van der Waals surface area contributed by atoms with Crippen LogP contribution < -0.4 is 0 Å². The minimum absolute atomic E-state index is 0.0542. The Balaban J connectivity index is 1.79. The smallest absolute Gasteiger partial charge is 0.326 e. The van der Waals surface area contributed by atoms with Gasteiger partial charge in [-0.3, -0.25) is 9.78 Å². The van der Waals surface area contributed by atoms with E-state index in [1.54, 1.807) is 19.2 Å². The summed E-state index contributed by atoms with van der Waals surface area (Å²) in [6, 6.07) is 2.91. The summed E-state index contributed by atoms with van der Waals surface area (Å²) in [5.41, 5.74) is 1.51. The number of hydrogen-bond donors (Lipinski definition) is 1. The molecule has 1 atom stereocenters. The summed E-state index contributed by atoms with van der Waals surface area (Å²) in [4.78, 5) is 29.3. The Morgan fingerprint density at radius 2 is 2.00 bits per heavy atom. The van der Waals surface area contributed by atoms with Crippen LogP contribution in [0.2, 0.25) is 0 Å². The second-order valence-corrected chi connectivity index (χ2v) is 5.71. The third-order valence-electron chi connectivity index (χ3n) is 4.00. The summed E-state index contributed by atoms with van der Waals surface area (Å²) in [7, 11) is 0. The first-order chi connectivity index (χ1) is 9.58. The average Bonchev–Trinajstić information content (AvgIpc) is 3.30. The van der Waals surface area contributed by atoms with Crippen LogP contribution in [0.5, 0.6) is 0 Å². The number of amides is 1. The summed E-state index contributed by atoms with van der Waals surface area (Å²) in [6.45, 7) is 1.55. The summed E-state index contributed by atoms with van der Waals surface area (Å²) < 4.78 is 0. The molecule has 2 saturated carbocycles. The Bertz CT molecular complexity index is 533. The van der Waals surface area contributed by atoms with Gasteiger partial charge in [-0.05, 0) is 50.2 Å². The highest BCUT2D eigenvalue weighted by atomic mass is 16.4. The molecule has 20 heavy (non-hydrogen) atoms. The lowest BCUT2D eigenvalue weighted by atomic mass is 10.1. The molecule has 2 aliphatic rings. The van der Waals surface area contributed by atoms with Gasteiger partial charge in [0.1, 0.15) is 11.7 Å². The van der Waals surface area contributed by atoms with Crippen molar-refractivity contribution in [1.29, 1.82) is 0 Å². The molecule has 0 saturated heterocycles. The van der Waals surface area contributed by atoms with E-state index in [-0.39, 0.29) is 11.9 Å². The Morgan fingerprint density at radius 1 is 1.30 bits per heavy atom. The Morgan fingerprint density at radius 3 is 2.45 bits per heavy atom. The normalized spacial score (nSPS) is 19.4. The van der Waals surface area contributed by atoms with Gasteiger partial charge in [0.05, 0.1) is 0 Å². The van der Waals surface area contributed by atoms with Gasteiger partial charge < -0.3 is 10.0 Å². The molecule has 1 heterocycles. The molecule has 1 unspecified atom stereocenters. The number of carboxylic acid groups (broad SMARTS) is 1. The molecule has 2 fully saturated rings. The van der Waals surface area contributed by atoms with Crippen LogP contribution in [-0.2, 0) is 4.79 Å². The molecule has 0 bridgehead atoms. The number of pyridine rings is 1. The minimum Gasteiger partial charge on any atom is -0.480 e. The Kier molecular flexibility index (Phi) is 3.20. The van der Waals surface area contributed by atoms with Gasteiger partial charge in [0.2, 0.25) is 0 Å². The van der Waals surface area contributed by atoms with Crippen LogP contribution in [-0.4, -0.2) is 39.0 Å². The molecule has 3 rings (SSSR count). The van der Waals surface area contributed by atoms with E-state index in [1.807, 2.05) is 6.07 Å². The first-order valence-electron chi connectivity index (χ1n) is 7.09. The number of aromatic nitrogens is 1. The van der Waals surface area contributed by atoms with E-state index >= 15 is 0 Å². The summed E-state index contributed by atoms with van der Waals surface area (Å²) >= 11 is 0. The predicted octanol–water partition coefficient (Wildman–Crippen LogP) is 2.04. The number of aliphatic carboxylic acids is 1. The molecule has 2 aliphatic carbocycles. The largest absolute Gasteiger partial charge is 0.480 e. The van der Waals surface area contributed by atoms with Crippen molar-refractivity contribution in [3.05, 3.63) is 29.6 Å². The molecular formula is C15H18N2O3. The standard InChI is InChI=1S/C15H18N2O3/c1-9(15(19)20)17(12-5-6-12)14(18)13-7-4-11(8-16-13)10-2-3-10/h4,7-10,12H,2-3,5-6H2,1H3,(H,19,20). The van der Waals surface area contributed by atoms with Gasteiger partial charge in [-0.2, -0.15) is 0 Å². The summed E-state index contributed by atoms with van der Waals surface area (Å²) in [5, 5.41) is 9.14. The van der Waals surface area contributed by atoms with Crippen LogP contribution >= 0.6 is 0 Å². The lowest BCUT2D eigenvalue weighted by Crippen LogP contribution is -2.45. The first kappa shape index (κ1) is 13.1. The SMILES string of the molecule is CC(C(=O)O)N(C(=O)c1ccc(C2CC2)cn1)C1CC1. The average molecular weight is 274 g/mol. The van der Waals surface area contributed by atoms with Crippen molar-refractivity contribution in [2.24, 2.45) is 0 Å². The van der Waals surface area contributed by atoms with Crippen molar-refractivity contribution in [2.75, 3.05) is 0 Å². The van der Waals surface area contributed by atoms with E-state index in [2.05, 4.69) is 4.98 Å². The van der Waals surface area contributed by atoms with Gasteiger partial charge in [0.25, 0.3) is 5.91 Å². The number of hydrogen-bond acceptors (Lipinski definition) is 3. The van der Waals surface area contributed by atoms with Crippen molar-refractivity contribution >= 4 is 11.9 Å². The van der Waals surface area contributed by atoms with Gasteiger partial charge in [-0.25, -0.2) is 4.79 Å². The molecule has 0 aliphatic heterocycles. The minimum atomic E-state index is -0.972. The molecular weight excluding hydrogens is 256 g/mol. The third kappa shape index (κ3) is 2.53. The van der Waals surface area contributed by atoms with Crippen LogP contribution in [0.25, 0.3) is 0 Å². The lowest BCUT2D eigenvalue weighted by molar-refractivity contribution is -0.141. The van der Waals surface area contributed by atoms with E-state index in [1.165, 1.54) is 23.3 Å². The van der Waals surface area contributed by atoms with E-state index in [0.717, 1.165) is 12.8 Å². The van der Waals surface area contributed by atoms with E-state index < -0.39 is 12.0 Å². The molecule has 1 aromatic heterocycles. The quantitative estimate of drug-likeness (QED) is 0.892. The molecule has 1 amide bonds. The fraction of sp³-hybridized carbons (Fsp3) is 0.533. The van der Waals surface area contributed by atoms with E-state index in [4.69, 9.17) is 5.11 Å². The van der Waals surface area contributed by atoms with Crippen molar-refractivity contribution in [3.8, 4) is 0 Å². The van der Waals surface area contributed by atoms with Crippen LogP contribution in [0, 0.1) is 0 Å². The second kappa shape index (κ2) is 4.89. The van der Waals surface area contributed by atoms with Gasteiger partial charge in [0.15, 0.2) is 0 Å². The Labute approximate surface area is 117 Å². The van der Waals surface area contributed by atoms with Crippen LogP contribution in [0.3, 0.4) is 0 Å². The lowest BCUT2D eigenvalue weighted by Gasteiger charge is -2.26. The van der Waals surface area contributed by atoms with Crippen molar-refractivity contribution in [1.82, 2.24) is 9.88 Å². The number of carboxylic acids is 1. The monoisotopic (exact) mass is 274 g/mol. The van der Waals surface area contributed by atoms with Gasteiger partial charge >= 0.3 is 5.97 Å². The molecule has 0 aromatic carbocycles. The maximum absolute atomic E-state index is 12.5. The summed E-state index contributed by atoms with van der Waals surface area (Å²) in [6.07, 6.45) is 5.90. The van der Waals surface area contributed by atoms with Gasteiger partial charge in [-0.1, -0.05) is 6.07 Å². The molecule has 5 nitrogen and oxygen atoms in total. The number of carbonyl (C=O) groups excluding carboxylic acids is 1. The molecule has 0 spiro atoms. The van der Waals surface area contributed by atoms with Gasteiger partial charge in [0, 0.05) is 12.2 Å². The molecule has 0 radical (unpaired) electrons. The van der Waals surface area contributed by atoms with Gasteiger partial charge in [-0.15, -0.1) is 0 Å². The molecule has 106 valence electrons. The van der Waals surface area contributed by atoms with Crippen molar-refractivity contribution in [3.63, 3.8) is 0 Å². The van der Waals surface area contributed by atoms with Crippen LogP contribution in [0.15, 0.2) is 18.3 Å². The highest BCUT2D eigenvalue weighted by Gasteiger charge is 2.39. The topological polar surface area (TPSA) is 70.5 Å². The van der Waals surface area contributed by atoms with Crippen LogP contribution in [0.1, 0.15) is 54.6 Å². The maximum atomic E-state index is 12.5. The third-order valence-corrected chi connectivity index (χ3v) is 4.00. The van der Waals surface area contributed by atoms with Crippen molar-refractivity contribution < 1.29 is 14.7 Å². The summed E-state index contributed by atoms with van der Waals surface area (Å²) in [5.74, 6) is -0.645. The van der Waals surface area contributed by atoms with Crippen LogP contribution in [0.4, 0.5) is 0 Å². The fourth-order valence-electron chi connectivity index (χ4n) is 2.45. The number of nitrogens with zero attached hydrogens (tertiary/aromatic N) is 2. The molecule has 5 heteroatoms. The molecule has 1 N–H and O–H groups in total. The molecule has 1 aromatic rings. The first-order valence-corrected chi connectivity index (χ1v) is 7.09. The highest BCUT2D eigenvalue weighted by molar-refractivity contribution is 5.95. The Hall–Kier alpha value is -1.91. The zero-order valence-electron chi connectivity index (χ0n) is 11.5. The van der Waals surface area contributed by atoms with E-state index in [0.29, 0.717) is 11.6 Å². The zero-order chi connectivity index (χ0) is 14.3. The second-order valence-electron chi connectivity index (χ2n) is 5.71.